The van der Waals surface area contributed by atoms with Gasteiger partial charge in [-0.3, -0.25) is 9.69 Å². The zero-order valence-electron chi connectivity index (χ0n) is 18.9. The fourth-order valence-electron chi connectivity index (χ4n) is 5.07. The normalized spacial score (nSPS) is 23.1. The summed E-state index contributed by atoms with van der Waals surface area (Å²) < 4.78 is 12.1. The van der Waals surface area contributed by atoms with Gasteiger partial charge in [-0.1, -0.05) is 0 Å². The molecule has 1 aliphatic carbocycles. The number of hydrogen-bond acceptors (Lipinski definition) is 7. The van der Waals surface area contributed by atoms with E-state index in [9.17, 15) is 4.79 Å². The van der Waals surface area contributed by atoms with Crippen molar-refractivity contribution in [2.24, 2.45) is 0 Å². The van der Waals surface area contributed by atoms with Gasteiger partial charge in [0.25, 0.3) is 0 Å². The number of rotatable bonds is 5. The van der Waals surface area contributed by atoms with Gasteiger partial charge in [0.15, 0.2) is 0 Å². The minimum atomic E-state index is 0.104. The Kier molecular flexibility index (Phi) is 6.41. The molecule has 2 aliphatic heterocycles. The van der Waals surface area contributed by atoms with Gasteiger partial charge in [-0.2, -0.15) is 0 Å². The van der Waals surface area contributed by atoms with E-state index in [1.54, 1.807) is 13.3 Å². The van der Waals surface area contributed by atoms with E-state index in [1.165, 1.54) is 18.5 Å². The molecule has 2 saturated heterocycles. The number of morpholine rings is 1. The Bertz CT molecular complexity index is 940. The van der Waals surface area contributed by atoms with Crippen LogP contribution in [0.5, 0.6) is 5.88 Å². The van der Waals surface area contributed by atoms with Crippen molar-refractivity contribution in [3.63, 3.8) is 0 Å². The fraction of sp³-hybridized carbons (Fsp3) is 0.625. The number of hydrogen-bond donors (Lipinski definition) is 0. The van der Waals surface area contributed by atoms with Crippen molar-refractivity contribution >= 4 is 22.5 Å². The average Bonchev–Trinajstić information content (AvgIpc) is 3.33. The summed E-state index contributed by atoms with van der Waals surface area (Å²) in [6.07, 6.45) is 6.69. The number of amides is 1. The van der Waals surface area contributed by atoms with E-state index in [0.29, 0.717) is 25.6 Å². The van der Waals surface area contributed by atoms with Crippen molar-refractivity contribution in [2.75, 3.05) is 57.3 Å². The molecule has 2 aromatic rings. The van der Waals surface area contributed by atoms with Crippen LogP contribution in [0.4, 0.5) is 5.69 Å². The summed E-state index contributed by atoms with van der Waals surface area (Å²) >= 11 is 0. The number of ether oxygens (including phenoxy) is 2. The Morgan fingerprint density at radius 2 is 1.94 bits per heavy atom. The summed E-state index contributed by atoms with van der Waals surface area (Å²) in [6, 6.07) is 6.41. The molecule has 8 heteroatoms. The third-order valence-electron chi connectivity index (χ3n) is 6.95. The molecule has 1 atom stereocenters. The highest BCUT2D eigenvalue weighted by Crippen LogP contribution is 2.30. The number of piperazine rings is 1. The van der Waals surface area contributed by atoms with Crippen LogP contribution in [0, 0.1) is 0 Å². The van der Waals surface area contributed by atoms with Gasteiger partial charge in [-0.15, -0.1) is 0 Å². The molecule has 3 fully saturated rings. The summed E-state index contributed by atoms with van der Waals surface area (Å²) in [5.41, 5.74) is 2.12. The lowest BCUT2D eigenvalue weighted by molar-refractivity contribution is -0.137. The number of anilines is 1. The predicted molar refractivity (Wildman–Crippen MR) is 123 cm³/mol. The van der Waals surface area contributed by atoms with Gasteiger partial charge in [0.05, 0.1) is 23.6 Å². The van der Waals surface area contributed by atoms with Crippen LogP contribution in [0.25, 0.3) is 10.9 Å². The van der Waals surface area contributed by atoms with Crippen molar-refractivity contribution in [2.45, 2.75) is 44.8 Å². The Morgan fingerprint density at radius 3 is 2.72 bits per heavy atom. The highest BCUT2D eigenvalue weighted by molar-refractivity contribution is 5.86. The Labute approximate surface area is 189 Å². The molecule has 172 valence electrons. The van der Waals surface area contributed by atoms with Gasteiger partial charge in [0, 0.05) is 58.4 Å². The summed E-state index contributed by atoms with van der Waals surface area (Å²) in [6.45, 7) is 8.44. The van der Waals surface area contributed by atoms with Crippen LogP contribution in [0.2, 0.25) is 0 Å². The number of fused-ring (bicyclic) bond motifs is 1. The van der Waals surface area contributed by atoms with Crippen LogP contribution >= 0.6 is 0 Å². The molecule has 1 amide bonds. The first kappa shape index (κ1) is 21.4. The molecule has 32 heavy (non-hydrogen) atoms. The lowest BCUT2D eigenvalue weighted by Gasteiger charge is -2.39. The van der Waals surface area contributed by atoms with Crippen molar-refractivity contribution < 1.29 is 14.3 Å². The molecule has 1 aromatic carbocycles. The van der Waals surface area contributed by atoms with Crippen molar-refractivity contribution in [1.29, 1.82) is 0 Å². The summed E-state index contributed by atoms with van der Waals surface area (Å²) in [5, 5.41) is 0.999. The van der Waals surface area contributed by atoms with E-state index in [1.807, 2.05) is 4.90 Å². The first-order chi connectivity index (χ1) is 15.7. The summed E-state index contributed by atoms with van der Waals surface area (Å²) in [7, 11) is 0. The minimum absolute atomic E-state index is 0.104. The summed E-state index contributed by atoms with van der Waals surface area (Å²) in [5.74, 6) is 0.853. The molecule has 0 bridgehead atoms. The second-order valence-electron chi connectivity index (χ2n) is 9.15. The lowest BCUT2D eigenvalue weighted by atomic mass is 10.1. The summed E-state index contributed by atoms with van der Waals surface area (Å²) in [4.78, 5) is 27.3. The van der Waals surface area contributed by atoms with Crippen molar-refractivity contribution in [1.82, 2.24) is 19.8 Å². The number of carbonyl (C=O) groups is 1. The van der Waals surface area contributed by atoms with E-state index in [0.717, 1.165) is 56.5 Å². The van der Waals surface area contributed by atoms with E-state index in [2.05, 4.69) is 38.0 Å². The first-order valence-electron chi connectivity index (χ1n) is 11.9. The molecular weight excluding hydrogens is 406 g/mol. The Hall–Kier alpha value is -2.45. The van der Waals surface area contributed by atoms with Crippen LogP contribution in [-0.2, 0) is 9.53 Å². The SMILES string of the molecule is CC(=O)N1CCOC(CN2CCN(c3ccc4ncnc(OC5CCCC5)c4c3)CC2)C1. The lowest BCUT2D eigenvalue weighted by Crippen LogP contribution is -2.53. The molecule has 8 nitrogen and oxygen atoms in total. The number of nitrogens with zero attached hydrogens (tertiary/aromatic N) is 5. The maximum absolute atomic E-state index is 11.7. The van der Waals surface area contributed by atoms with Crippen LogP contribution in [0.15, 0.2) is 24.5 Å². The smallest absolute Gasteiger partial charge is 0.224 e. The van der Waals surface area contributed by atoms with Gasteiger partial charge in [-0.25, -0.2) is 9.97 Å². The molecule has 3 heterocycles. The zero-order chi connectivity index (χ0) is 21.9. The highest BCUT2D eigenvalue weighted by atomic mass is 16.5. The quantitative estimate of drug-likeness (QED) is 0.708. The molecule has 0 spiro atoms. The molecular formula is C24H33N5O3. The third kappa shape index (κ3) is 4.81. The Morgan fingerprint density at radius 1 is 1.12 bits per heavy atom. The standard InChI is InChI=1S/C24H33N5O3/c1-18(30)29-12-13-31-21(16-29)15-27-8-10-28(11-9-27)19-6-7-23-22(14-19)24(26-17-25-23)32-20-4-2-3-5-20/h6-7,14,17,20-21H,2-5,8-13,15-16H2,1H3. The number of carbonyl (C=O) groups excluding carboxylic acids is 1. The molecule has 5 rings (SSSR count). The van der Waals surface area contributed by atoms with Gasteiger partial charge >= 0.3 is 0 Å². The van der Waals surface area contributed by atoms with Gasteiger partial charge in [-0.05, 0) is 43.9 Å². The fourth-order valence-corrected chi connectivity index (χ4v) is 5.07. The van der Waals surface area contributed by atoms with E-state index >= 15 is 0 Å². The maximum atomic E-state index is 11.7. The number of benzene rings is 1. The second-order valence-corrected chi connectivity index (χ2v) is 9.15. The average molecular weight is 440 g/mol. The van der Waals surface area contributed by atoms with E-state index in [-0.39, 0.29) is 18.1 Å². The highest BCUT2D eigenvalue weighted by Gasteiger charge is 2.26. The van der Waals surface area contributed by atoms with Gasteiger partial charge in [0.2, 0.25) is 11.8 Å². The third-order valence-corrected chi connectivity index (χ3v) is 6.95. The molecule has 1 unspecified atom stereocenters. The topological polar surface area (TPSA) is 71.0 Å². The minimum Gasteiger partial charge on any atom is -0.474 e. The Balaban J connectivity index is 1.21. The monoisotopic (exact) mass is 439 g/mol. The maximum Gasteiger partial charge on any atom is 0.224 e. The number of aromatic nitrogens is 2. The predicted octanol–water partition coefficient (Wildman–Crippen LogP) is 2.32. The second kappa shape index (κ2) is 9.58. The molecule has 1 saturated carbocycles. The molecule has 1 aromatic heterocycles. The van der Waals surface area contributed by atoms with E-state index in [4.69, 9.17) is 9.47 Å². The van der Waals surface area contributed by atoms with Crippen molar-refractivity contribution in [3.8, 4) is 5.88 Å². The van der Waals surface area contributed by atoms with Crippen LogP contribution in [-0.4, -0.2) is 90.3 Å². The van der Waals surface area contributed by atoms with E-state index < -0.39 is 0 Å². The molecule has 3 aliphatic rings. The van der Waals surface area contributed by atoms with Crippen LogP contribution < -0.4 is 9.64 Å². The largest absolute Gasteiger partial charge is 0.474 e. The zero-order valence-corrected chi connectivity index (χ0v) is 18.9. The first-order valence-corrected chi connectivity index (χ1v) is 11.9. The molecule has 0 N–H and O–H groups in total. The van der Waals surface area contributed by atoms with Gasteiger partial charge < -0.3 is 19.3 Å². The van der Waals surface area contributed by atoms with Crippen LogP contribution in [0.1, 0.15) is 32.6 Å². The molecule has 0 radical (unpaired) electrons. The van der Waals surface area contributed by atoms with Crippen LogP contribution in [0.3, 0.4) is 0 Å². The van der Waals surface area contributed by atoms with Crippen molar-refractivity contribution in [3.05, 3.63) is 24.5 Å². The van der Waals surface area contributed by atoms with Gasteiger partial charge in [0.1, 0.15) is 12.4 Å².